The highest BCUT2D eigenvalue weighted by atomic mass is 32.1. The number of nitrogens with one attached hydrogen (secondary N) is 1. The third-order valence-corrected chi connectivity index (χ3v) is 4.45. The van der Waals surface area contributed by atoms with Crippen molar-refractivity contribution in [2.45, 2.75) is 26.5 Å². The number of carbonyl (C=O) groups is 3. The Morgan fingerprint density at radius 3 is 2.62 bits per heavy atom. The maximum atomic E-state index is 12.4. The molecule has 0 aromatic carbocycles. The Kier molecular flexibility index (Phi) is 6.79. The Hall–Kier alpha value is -2.81. The van der Waals surface area contributed by atoms with E-state index in [0.29, 0.717) is 17.4 Å². The molecule has 26 heavy (non-hydrogen) atoms. The van der Waals surface area contributed by atoms with Crippen molar-refractivity contribution >= 4 is 34.9 Å². The van der Waals surface area contributed by atoms with Crippen LogP contribution in [0.2, 0.25) is 0 Å². The fraction of sp³-hybridized carbons (Fsp3) is 0.353. The maximum Gasteiger partial charge on any atom is 0.326 e. The minimum absolute atomic E-state index is 0.0696. The number of ketones is 1. The molecular formula is C17H20N4O4S. The highest BCUT2D eigenvalue weighted by Crippen LogP contribution is 2.19. The lowest BCUT2D eigenvalue weighted by molar-refractivity contribution is -0.144. The number of esters is 1. The summed E-state index contributed by atoms with van der Waals surface area (Å²) in [4.78, 5) is 46.3. The Labute approximate surface area is 155 Å². The summed E-state index contributed by atoms with van der Waals surface area (Å²) in [6.07, 6.45) is 2.25. The Morgan fingerprint density at radius 1 is 1.27 bits per heavy atom. The van der Waals surface area contributed by atoms with Crippen molar-refractivity contribution in [1.82, 2.24) is 15.3 Å². The molecule has 2 rings (SSSR count). The third-order valence-electron chi connectivity index (χ3n) is 3.35. The molecule has 1 unspecified atom stereocenters. The molecule has 1 N–H and O–H groups in total. The van der Waals surface area contributed by atoms with E-state index in [2.05, 4.69) is 15.3 Å². The van der Waals surface area contributed by atoms with Gasteiger partial charge in [0, 0.05) is 31.2 Å². The number of anilines is 1. The second-order valence-electron chi connectivity index (χ2n) is 5.58. The molecule has 2 aromatic rings. The highest BCUT2D eigenvalue weighted by molar-refractivity contribution is 7.14. The summed E-state index contributed by atoms with van der Waals surface area (Å²) >= 11 is 1.26. The van der Waals surface area contributed by atoms with E-state index in [1.54, 1.807) is 37.6 Å². The van der Waals surface area contributed by atoms with Gasteiger partial charge in [-0.2, -0.15) is 0 Å². The van der Waals surface area contributed by atoms with Crippen LogP contribution in [0.25, 0.3) is 0 Å². The molecule has 9 heteroatoms. The molecular weight excluding hydrogens is 356 g/mol. The second kappa shape index (κ2) is 9.04. The molecule has 0 fully saturated rings. The summed E-state index contributed by atoms with van der Waals surface area (Å²) in [5.41, 5.74) is 0. The van der Waals surface area contributed by atoms with Crippen molar-refractivity contribution in [2.75, 3.05) is 18.5 Å². The molecule has 2 heterocycles. The number of nitrogens with zero attached hydrogens (tertiary/aromatic N) is 3. The van der Waals surface area contributed by atoms with Gasteiger partial charge in [0.2, 0.25) is 17.6 Å². The molecule has 8 nitrogen and oxygen atoms in total. The fourth-order valence-corrected chi connectivity index (χ4v) is 3.02. The molecule has 138 valence electrons. The van der Waals surface area contributed by atoms with Crippen LogP contribution in [0.3, 0.4) is 0 Å². The van der Waals surface area contributed by atoms with Crippen molar-refractivity contribution in [2.24, 2.45) is 0 Å². The normalized spacial score (nSPS) is 11.5. The zero-order valence-corrected chi connectivity index (χ0v) is 15.6. The number of Topliss-reactive ketones (excluding diaryl/α,β-unsaturated/α-hetero) is 1. The van der Waals surface area contributed by atoms with Gasteiger partial charge < -0.3 is 15.0 Å². The van der Waals surface area contributed by atoms with E-state index < -0.39 is 12.1 Å². The molecule has 1 amide bonds. The number of amides is 1. The lowest BCUT2D eigenvalue weighted by Crippen LogP contribution is -2.32. The molecule has 0 aliphatic heterocycles. The van der Waals surface area contributed by atoms with Gasteiger partial charge in [-0.3, -0.25) is 14.4 Å². The van der Waals surface area contributed by atoms with Crippen LogP contribution in [-0.4, -0.2) is 47.3 Å². The predicted molar refractivity (Wildman–Crippen MR) is 97.0 cm³/mol. The van der Waals surface area contributed by atoms with Crippen LogP contribution < -0.4 is 10.2 Å². The van der Waals surface area contributed by atoms with Gasteiger partial charge in [-0.05, 0) is 25.1 Å². The topological polar surface area (TPSA) is 101 Å². The molecule has 0 aliphatic rings. The lowest BCUT2D eigenvalue weighted by atomic mass is 10.2. The first-order valence-corrected chi connectivity index (χ1v) is 8.73. The van der Waals surface area contributed by atoms with E-state index >= 15 is 0 Å². The van der Waals surface area contributed by atoms with Gasteiger partial charge in [-0.15, -0.1) is 11.3 Å². The quantitative estimate of drug-likeness (QED) is 0.549. The molecule has 1 atom stereocenters. The monoisotopic (exact) mass is 376 g/mol. The SMILES string of the molecule is CC(=O)NCc1ccc(C(=O)C(C)OC(=O)CN(C)c2ncccn2)s1. The first-order chi connectivity index (χ1) is 12.4. The maximum absolute atomic E-state index is 12.4. The van der Waals surface area contributed by atoms with Gasteiger partial charge >= 0.3 is 5.97 Å². The van der Waals surface area contributed by atoms with Crippen LogP contribution in [-0.2, 0) is 20.9 Å². The second-order valence-corrected chi connectivity index (χ2v) is 6.75. The molecule has 0 spiro atoms. The zero-order chi connectivity index (χ0) is 19.1. The van der Waals surface area contributed by atoms with Crippen LogP contribution in [0.4, 0.5) is 5.95 Å². The van der Waals surface area contributed by atoms with Gasteiger partial charge in [0.25, 0.3) is 0 Å². The highest BCUT2D eigenvalue weighted by Gasteiger charge is 2.22. The largest absolute Gasteiger partial charge is 0.453 e. The van der Waals surface area contributed by atoms with Gasteiger partial charge in [-0.25, -0.2) is 9.97 Å². The van der Waals surface area contributed by atoms with Crippen molar-refractivity contribution in [3.05, 3.63) is 40.3 Å². The number of hydrogen-bond acceptors (Lipinski definition) is 8. The van der Waals surface area contributed by atoms with E-state index in [0.717, 1.165) is 4.88 Å². The minimum Gasteiger partial charge on any atom is -0.453 e. The van der Waals surface area contributed by atoms with Crippen molar-refractivity contribution in [3.63, 3.8) is 0 Å². The number of rotatable bonds is 8. The molecule has 0 bridgehead atoms. The Morgan fingerprint density at radius 2 is 1.96 bits per heavy atom. The third kappa shape index (κ3) is 5.62. The van der Waals surface area contributed by atoms with Crippen LogP contribution in [0.15, 0.2) is 30.6 Å². The molecule has 0 saturated carbocycles. The van der Waals surface area contributed by atoms with Crippen molar-refractivity contribution in [1.29, 1.82) is 0 Å². The van der Waals surface area contributed by atoms with E-state index in [4.69, 9.17) is 4.74 Å². The fourth-order valence-electron chi connectivity index (χ4n) is 2.06. The standard InChI is InChI=1S/C17H20N4O4S/c1-11(16(24)14-6-5-13(26-14)9-20-12(2)22)25-15(23)10-21(3)17-18-7-4-8-19-17/h4-8,11H,9-10H2,1-3H3,(H,20,22). The lowest BCUT2D eigenvalue weighted by Gasteiger charge is -2.17. The number of thiophene rings is 1. The first-order valence-electron chi connectivity index (χ1n) is 7.92. The summed E-state index contributed by atoms with van der Waals surface area (Å²) in [5, 5.41) is 2.67. The van der Waals surface area contributed by atoms with Crippen molar-refractivity contribution in [3.8, 4) is 0 Å². The van der Waals surface area contributed by atoms with Crippen LogP contribution >= 0.6 is 11.3 Å². The summed E-state index contributed by atoms with van der Waals surface area (Å²) < 4.78 is 5.22. The smallest absolute Gasteiger partial charge is 0.326 e. The number of hydrogen-bond donors (Lipinski definition) is 1. The average Bonchev–Trinajstić information content (AvgIpc) is 3.08. The zero-order valence-electron chi connectivity index (χ0n) is 14.8. The summed E-state index contributed by atoms with van der Waals surface area (Å²) in [6, 6.07) is 5.11. The van der Waals surface area contributed by atoms with Gasteiger partial charge in [0.15, 0.2) is 6.10 Å². The Balaban J connectivity index is 1.88. The van der Waals surface area contributed by atoms with Crippen LogP contribution in [0.5, 0.6) is 0 Å². The molecule has 2 aromatic heterocycles. The van der Waals surface area contributed by atoms with Gasteiger partial charge in [-0.1, -0.05) is 0 Å². The molecule has 0 saturated heterocycles. The summed E-state index contributed by atoms with van der Waals surface area (Å²) in [7, 11) is 1.66. The van der Waals surface area contributed by atoms with E-state index in [-0.39, 0.29) is 18.2 Å². The van der Waals surface area contributed by atoms with E-state index in [9.17, 15) is 14.4 Å². The van der Waals surface area contributed by atoms with E-state index in [1.807, 2.05) is 0 Å². The summed E-state index contributed by atoms with van der Waals surface area (Å²) in [6.45, 7) is 3.26. The van der Waals surface area contributed by atoms with Crippen molar-refractivity contribution < 1.29 is 19.1 Å². The molecule has 0 radical (unpaired) electrons. The number of aromatic nitrogens is 2. The van der Waals surface area contributed by atoms with Crippen LogP contribution in [0, 0.1) is 0 Å². The predicted octanol–water partition coefficient (Wildman–Crippen LogP) is 1.42. The van der Waals surface area contributed by atoms with E-state index in [1.165, 1.54) is 30.1 Å². The van der Waals surface area contributed by atoms with Crippen LogP contribution in [0.1, 0.15) is 28.4 Å². The van der Waals surface area contributed by atoms with Gasteiger partial charge in [0.1, 0.15) is 6.54 Å². The minimum atomic E-state index is -0.903. The average molecular weight is 376 g/mol. The summed E-state index contributed by atoms with van der Waals surface area (Å²) in [5.74, 6) is -0.573. The molecule has 0 aliphatic carbocycles. The Bertz CT molecular complexity index is 778. The number of carbonyl (C=O) groups excluding carboxylic acids is 3. The van der Waals surface area contributed by atoms with Gasteiger partial charge in [0.05, 0.1) is 11.4 Å². The number of likely N-dealkylation sites (N-methyl/N-ethyl adjacent to an activating group) is 1. The first kappa shape index (κ1) is 19.5. The number of ether oxygens (including phenoxy) is 1.